The molecule has 0 aromatic heterocycles. The van der Waals surface area contributed by atoms with Gasteiger partial charge in [-0.05, 0) is 13.5 Å². The summed E-state index contributed by atoms with van der Waals surface area (Å²) in [5.41, 5.74) is 0. The largest absolute Gasteiger partial charge is 1.00 e. The van der Waals surface area contributed by atoms with E-state index in [2.05, 4.69) is 5.32 Å². The van der Waals surface area contributed by atoms with E-state index in [1.165, 1.54) is 0 Å². The van der Waals surface area contributed by atoms with Gasteiger partial charge in [-0.15, -0.1) is 0 Å². The van der Waals surface area contributed by atoms with Gasteiger partial charge in [-0.3, -0.25) is 0 Å². The summed E-state index contributed by atoms with van der Waals surface area (Å²) in [5, 5.41) is 12.6. The Hall–Kier alpha value is 1.48. The number of carbonyl (C=O) groups excluding carboxylic acids is 1. The van der Waals surface area contributed by atoms with E-state index in [1.54, 1.807) is 14.0 Å². The molecule has 0 aliphatic carbocycles. The van der Waals surface area contributed by atoms with Gasteiger partial charge in [-0.1, -0.05) is 6.92 Å². The second-order valence-electron chi connectivity index (χ2n) is 1.57. The maximum Gasteiger partial charge on any atom is 1.00 e. The molecule has 1 unspecified atom stereocenters. The van der Waals surface area contributed by atoms with Crippen LogP contribution in [0.3, 0.4) is 0 Å². The van der Waals surface area contributed by atoms with Crippen molar-refractivity contribution in [3.05, 3.63) is 0 Å². The minimum atomic E-state index is -1.03. The molecule has 4 heteroatoms. The first-order valence-corrected chi connectivity index (χ1v) is 2.60. The minimum absolute atomic E-state index is 0. The molecule has 0 aliphatic heterocycles. The van der Waals surface area contributed by atoms with Crippen molar-refractivity contribution < 1.29 is 78.8 Å². The zero-order valence-electron chi connectivity index (χ0n) is 6.10. The Kier molecular flexibility index (Phi) is 11.0. The summed E-state index contributed by atoms with van der Waals surface area (Å²) in [4.78, 5) is 9.99. The van der Waals surface area contributed by atoms with E-state index in [-0.39, 0.29) is 68.9 Å². The molecule has 0 heterocycles. The third-order valence-corrected chi connectivity index (χ3v) is 1.04. The Morgan fingerprint density at radius 1 is 1.78 bits per heavy atom. The third-order valence-electron chi connectivity index (χ3n) is 1.04. The monoisotopic (exact) mass is 249 g/mol. The second kappa shape index (κ2) is 7.59. The number of carboxylic acids is 1. The van der Waals surface area contributed by atoms with E-state index in [0.717, 1.165) is 0 Å². The van der Waals surface area contributed by atoms with Crippen molar-refractivity contribution in [1.82, 2.24) is 5.32 Å². The average Bonchev–Trinajstić information content (AvgIpc) is 1.69. The summed E-state index contributed by atoms with van der Waals surface area (Å²) in [6.07, 6.45) is 0.568. The number of aliphatic carboxylic acids is 1. The van der Waals surface area contributed by atoms with Crippen molar-refractivity contribution in [2.24, 2.45) is 0 Å². The van der Waals surface area contributed by atoms with Gasteiger partial charge in [-0.25, -0.2) is 0 Å². The van der Waals surface area contributed by atoms with E-state index < -0.39 is 12.0 Å². The number of hydrogen-bond acceptors (Lipinski definition) is 3. The van der Waals surface area contributed by atoms with Crippen LogP contribution in [-0.4, -0.2) is 19.1 Å². The van der Waals surface area contributed by atoms with Crippen LogP contribution in [-0.2, 0) is 4.79 Å². The van der Waals surface area contributed by atoms with Gasteiger partial charge in [0.25, 0.3) is 0 Å². The molecule has 0 radical (unpaired) electrons. The molecular formula is C5H10CsNO2. The van der Waals surface area contributed by atoms with Gasteiger partial charge in [0.1, 0.15) is 0 Å². The molecule has 9 heavy (non-hydrogen) atoms. The number of rotatable bonds is 3. The first-order chi connectivity index (χ1) is 3.72. The van der Waals surface area contributed by atoms with E-state index in [0.29, 0.717) is 6.42 Å². The van der Waals surface area contributed by atoms with Gasteiger partial charge in [-0.2, -0.15) is 0 Å². The average molecular weight is 249 g/mol. The molecule has 48 valence electrons. The standard InChI is InChI=1S/C5H11NO2.Cs/c1-3-4(6-2)5(7)8;/h4,6H,3H2,1-2H3,(H,7,8);/q;+1/p-1. The minimum Gasteiger partial charge on any atom is -0.548 e. The summed E-state index contributed by atoms with van der Waals surface area (Å²) < 4.78 is 0. The fourth-order valence-corrected chi connectivity index (χ4v) is 0.489. The first kappa shape index (κ1) is 13.1. The Balaban J connectivity index is 0. The van der Waals surface area contributed by atoms with Crippen molar-refractivity contribution >= 4 is 5.97 Å². The molecule has 1 N–H and O–H groups in total. The molecule has 0 fully saturated rings. The molecule has 0 saturated carbocycles. The van der Waals surface area contributed by atoms with Gasteiger partial charge in [0.2, 0.25) is 0 Å². The normalized spacial score (nSPS) is 11.8. The van der Waals surface area contributed by atoms with Crippen LogP contribution in [0.2, 0.25) is 0 Å². The summed E-state index contributed by atoms with van der Waals surface area (Å²) in [7, 11) is 1.60. The zero-order valence-corrected chi connectivity index (χ0v) is 12.4. The number of likely N-dealkylation sites (N-methyl/N-ethyl adjacent to an activating group) is 1. The molecule has 1 atom stereocenters. The van der Waals surface area contributed by atoms with Crippen molar-refractivity contribution in [2.75, 3.05) is 7.05 Å². The molecule has 0 aromatic carbocycles. The van der Waals surface area contributed by atoms with Crippen LogP contribution in [0.25, 0.3) is 0 Å². The van der Waals surface area contributed by atoms with Gasteiger partial charge in [0.15, 0.2) is 0 Å². The van der Waals surface area contributed by atoms with Crippen molar-refractivity contribution in [1.29, 1.82) is 0 Å². The Labute approximate surface area is 114 Å². The Morgan fingerprint density at radius 2 is 2.22 bits per heavy atom. The summed E-state index contributed by atoms with van der Waals surface area (Å²) in [6, 6.07) is -0.491. The van der Waals surface area contributed by atoms with E-state index >= 15 is 0 Å². The maximum atomic E-state index is 9.99. The predicted octanol–water partition coefficient (Wildman–Crippen LogP) is -4.26. The first-order valence-electron chi connectivity index (χ1n) is 2.60. The van der Waals surface area contributed by atoms with Gasteiger partial charge < -0.3 is 15.2 Å². The molecule has 0 spiro atoms. The van der Waals surface area contributed by atoms with Gasteiger partial charge >= 0.3 is 68.9 Å². The number of nitrogens with one attached hydrogen (secondary N) is 1. The van der Waals surface area contributed by atoms with E-state index in [4.69, 9.17) is 0 Å². The van der Waals surface area contributed by atoms with E-state index in [1.807, 2.05) is 0 Å². The topological polar surface area (TPSA) is 52.2 Å². The second-order valence-corrected chi connectivity index (χ2v) is 1.57. The number of hydrogen-bond donors (Lipinski definition) is 1. The molecule has 0 bridgehead atoms. The van der Waals surface area contributed by atoms with Crippen molar-refractivity contribution in [3.8, 4) is 0 Å². The van der Waals surface area contributed by atoms with E-state index in [9.17, 15) is 9.90 Å². The summed E-state index contributed by atoms with van der Waals surface area (Å²) >= 11 is 0. The van der Waals surface area contributed by atoms with Crippen LogP contribution in [0.1, 0.15) is 13.3 Å². The molecule has 0 amide bonds. The Bertz CT molecular complexity index is 83.0. The molecule has 0 saturated heterocycles. The summed E-state index contributed by atoms with van der Waals surface area (Å²) in [6.45, 7) is 1.79. The molecule has 3 nitrogen and oxygen atoms in total. The fourth-order valence-electron chi connectivity index (χ4n) is 0.489. The SMILES string of the molecule is CCC(NC)C(=O)[O-].[Cs+]. The number of carbonyl (C=O) groups is 1. The molecule has 0 rings (SSSR count). The third kappa shape index (κ3) is 5.90. The van der Waals surface area contributed by atoms with Crippen LogP contribution in [0, 0.1) is 0 Å². The van der Waals surface area contributed by atoms with Crippen LogP contribution in [0.5, 0.6) is 0 Å². The maximum absolute atomic E-state index is 9.99. The van der Waals surface area contributed by atoms with Crippen molar-refractivity contribution in [2.45, 2.75) is 19.4 Å². The van der Waals surface area contributed by atoms with Crippen molar-refractivity contribution in [3.63, 3.8) is 0 Å². The molecular weight excluding hydrogens is 239 g/mol. The molecule has 0 aliphatic rings. The van der Waals surface area contributed by atoms with Crippen LogP contribution in [0.4, 0.5) is 0 Å². The zero-order chi connectivity index (χ0) is 6.57. The quantitative estimate of drug-likeness (QED) is 0.551. The Morgan fingerprint density at radius 3 is 2.22 bits per heavy atom. The molecule has 0 aromatic rings. The predicted molar refractivity (Wildman–Crippen MR) is 28.1 cm³/mol. The fraction of sp³-hybridized carbons (Fsp3) is 0.800. The van der Waals surface area contributed by atoms with Crippen LogP contribution < -0.4 is 79.3 Å². The van der Waals surface area contributed by atoms with Crippen LogP contribution >= 0.6 is 0 Å². The smallest absolute Gasteiger partial charge is 0.548 e. The van der Waals surface area contributed by atoms with Gasteiger partial charge in [0.05, 0.1) is 5.97 Å². The number of carboxylic acid groups (broad SMARTS) is 1. The van der Waals surface area contributed by atoms with Gasteiger partial charge in [0, 0.05) is 6.04 Å². The summed E-state index contributed by atoms with van der Waals surface area (Å²) in [5.74, 6) is -1.03. The van der Waals surface area contributed by atoms with Crippen LogP contribution in [0.15, 0.2) is 0 Å².